The van der Waals surface area contributed by atoms with Crippen molar-refractivity contribution in [1.29, 1.82) is 0 Å². The van der Waals surface area contributed by atoms with Crippen molar-refractivity contribution in [2.75, 3.05) is 6.61 Å². The van der Waals surface area contributed by atoms with Crippen LogP contribution < -0.4 is 5.43 Å². The molecule has 16 heavy (non-hydrogen) atoms. The van der Waals surface area contributed by atoms with Gasteiger partial charge in [-0.1, -0.05) is 0 Å². The smallest absolute Gasteiger partial charge is 0.223 e. The third-order valence-corrected chi connectivity index (χ3v) is 2.95. The molecule has 1 aliphatic rings. The quantitative estimate of drug-likeness (QED) is 0.770. The van der Waals surface area contributed by atoms with Crippen LogP contribution in [-0.2, 0) is 4.74 Å². The molecule has 0 aromatic carbocycles. The molecular formula is C11H15NO4. The molecule has 1 saturated heterocycles. The second-order valence-corrected chi connectivity index (χ2v) is 3.99. The molecule has 0 spiro atoms. The van der Waals surface area contributed by atoms with E-state index < -0.39 is 0 Å². The van der Waals surface area contributed by atoms with Crippen molar-refractivity contribution in [2.24, 2.45) is 0 Å². The van der Waals surface area contributed by atoms with Crippen LogP contribution in [0.4, 0.5) is 0 Å². The number of aliphatic hydroxyl groups is 1. The summed E-state index contributed by atoms with van der Waals surface area (Å²) in [6, 6.07) is 1.32. The summed E-state index contributed by atoms with van der Waals surface area (Å²) in [5.41, 5.74) is 0.113. The number of rotatable bonds is 2. The van der Waals surface area contributed by atoms with E-state index in [1.165, 1.54) is 6.07 Å². The van der Waals surface area contributed by atoms with Crippen LogP contribution in [-0.4, -0.2) is 27.5 Å². The molecule has 1 aromatic heterocycles. The zero-order valence-electron chi connectivity index (χ0n) is 9.09. The van der Waals surface area contributed by atoms with E-state index in [1.807, 2.05) is 0 Å². The highest BCUT2D eigenvalue weighted by Gasteiger charge is 2.26. The van der Waals surface area contributed by atoms with Crippen molar-refractivity contribution in [3.63, 3.8) is 0 Å². The van der Waals surface area contributed by atoms with Crippen molar-refractivity contribution < 1.29 is 14.9 Å². The van der Waals surface area contributed by atoms with Gasteiger partial charge in [-0.25, -0.2) is 0 Å². The predicted molar refractivity (Wildman–Crippen MR) is 57.3 cm³/mol. The molecule has 5 nitrogen and oxygen atoms in total. The first-order valence-corrected chi connectivity index (χ1v) is 5.30. The highest BCUT2D eigenvalue weighted by molar-refractivity contribution is 5.25. The van der Waals surface area contributed by atoms with Gasteiger partial charge in [0.15, 0.2) is 5.75 Å². The van der Waals surface area contributed by atoms with Gasteiger partial charge in [-0.05, 0) is 19.8 Å². The average molecular weight is 225 g/mol. The minimum Gasteiger partial charge on any atom is -0.503 e. The maximum absolute atomic E-state index is 11.2. The van der Waals surface area contributed by atoms with Crippen LogP contribution in [0, 0.1) is 6.92 Å². The first kappa shape index (κ1) is 11.2. The fourth-order valence-corrected chi connectivity index (χ4v) is 1.98. The molecule has 0 unspecified atom stereocenters. The van der Waals surface area contributed by atoms with Gasteiger partial charge >= 0.3 is 0 Å². The van der Waals surface area contributed by atoms with E-state index in [0.717, 1.165) is 12.8 Å². The van der Waals surface area contributed by atoms with Crippen molar-refractivity contribution in [1.82, 2.24) is 4.57 Å². The number of pyridine rings is 1. The molecule has 1 aliphatic heterocycles. The Balaban J connectivity index is 2.29. The van der Waals surface area contributed by atoms with Gasteiger partial charge in [-0.15, -0.1) is 0 Å². The lowest BCUT2D eigenvalue weighted by atomic mass is 10.2. The largest absolute Gasteiger partial charge is 0.503 e. The molecule has 0 radical (unpaired) electrons. The first-order chi connectivity index (χ1) is 7.63. The molecule has 0 bridgehead atoms. The fraction of sp³-hybridized carbons (Fsp3) is 0.545. The normalized spacial score (nSPS) is 24.9. The number of aliphatic hydroxyl groups excluding tert-OH is 1. The third kappa shape index (κ3) is 1.83. The molecule has 1 fully saturated rings. The van der Waals surface area contributed by atoms with Gasteiger partial charge in [-0.3, -0.25) is 4.79 Å². The van der Waals surface area contributed by atoms with E-state index in [2.05, 4.69) is 0 Å². The first-order valence-electron chi connectivity index (χ1n) is 5.30. The van der Waals surface area contributed by atoms with Gasteiger partial charge in [0.2, 0.25) is 5.43 Å². The average Bonchev–Trinajstić information content (AvgIpc) is 2.74. The highest BCUT2D eigenvalue weighted by atomic mass is 16.5. The Morgan fingerprint density at radius 3 is 2.94 bits per heavy atom. The summed E-state index contributed by atoms with van der Waals surface area (Å²) in [5, 5.41) is 18.5. The number of hydrogen-bond donors (Lipinski definition) is 2. The lowest BCUT2D eigenvalue weighted by molar-refractivity contribution is -0.0237. The predicted octanol–water partition coefficient (Wildman–Crippen LogP) is 0.532. The molecule has 0 saturated carbocycles. The van der Waals surface area contributed by atoms with E-state index in [4.69, 9.17) is 9.84 Å². The third-order valence-electron chi connectivity index (χ3n) is 2.95. The van der Waals surface area contributed by atoms with Gasteiger partial charge in [0.25, 0.3) is 0 Å². The molecule has 2 N–H and O–H groups in total. The maximum Gasteiger partial charge on any atom is 0.223 e. The van der Waals surface area contributed by atoms with E-state index in [-0.39, 0.29) is 30.1 Å². The van der Waals surface area contributed by atoms with Gasteiger partial charge in [0, 0.05) is 12.3 Å². The second-order valence-electron chi connectivity index (χ2n) is 3.99. The molecule has 0 aliphatic carbocycles. The van der Waals surface area contributed by atoms with Crippen LogP contribution in [0.1, 0.15) is 24.8 Å². The molecule has 2 heterocycles. The SMILES string of the molecule is Cc1c(O)c(=O)ccn1[C@H]1CC[C@@H](CO)O1. The molecule has 88 valence electrons. The minimum absolute atomic E-state index is 0.00172. The van der Waals surface area contributed by atoms with Gasteiger partial charge in [-0.2, -0.15) is 0 Å². The Labute approximate surface area is 92.9 Å². The number of aromatic hydroxyl groups is 1. The monoisotopic (exact) mass is 225 g/mol. The maximum atomic E-state index is 11.2. The van der Waals surface area contributed by atoms with Crippen molar-refractivity contribution >= 4 is 0 Å². The summed E-state index contributed by atoms with van der Waals surface area (Å²) < 4.78 is 7.30. The molecule has 2 atom stereocenters. The molecule has 1 aromatic rings. The Kier molecular flexibility index (Phi) is 2.98. The van der Waals surface area contributed by atoms with E-state index in [1.54, 1.807) is 17.7 Å². The summed E-state index contributed by atoms with van der Waals surface area (Å²) >= 11 is 0. The standard InChI is InChI=1S/C11H15NO4/c1-7-11(15)9(14)4-5-12(7)10-3-2-8(6-13)16-10/h4-5,8,10,13,15H,2-3,6H2,1H3/t8-,10+/m0/s1. The van der Waals surface area contributed by atoms with Crippen molar-refractivity contribution in [2.45, 2.75) is 32.1 Å². The molecule has 5 heteroatoms. The number of ether oxygens (including phenoxy) is 1. The van der Waals surface area contributed by atoms with Crippen LogP contribution in [0.3, 0.4) is 0 Å². The van der Waals surface area contributed by atoms with Gasteiger partial charge in [0.1, 0.15) is 6.23 Å². The van der Waals surface area contributed by atoms with E-state index in [0.29, 0.717) is 5.69 Å². The Morgan fingerprint density at radius 2 is 2.31 bits per heavy atom. The summed E-state index contributed by atoms with van der Waals surface area (Å²) in [7, 11) is 0. The zero-order valence-corrected chi connectivity index (χ0v) is 9.09. The Morgan fingerprint density at radius 1 is 1.56 bits per heavy atom. The summed E-state index contributed by atoms with van der Waals surface area (Å²) in [5.74, 6) is -0.237. The molecule has 2 rings (SSSR count). The van der Waals surface area contributed by atoms with E-state index in [9.17, 15) is 9.90 Å². The molecule has 0 amide bonds. The van der Waals surface area contributed by atoms with Gasteiger partial charge in [0.05, 0.1) is 18.4 Å². The second kappa shape index (κ2) is 4.27. The number of nitrogens with zero attached hydrogens (tertiary/aromatic N) is 1. The van der Waals surface area contributed by atoms with Crippen LogP contribution in [0.25, 0.3) is 0 Å². The van der Waals surface area contributed by atoms with Crippen LogP contribution >= 0.6 is 0 Å². The van der Waals surface area contributed by atoms with Crippen LogP contribution in [0.5, 0.6) is 5.75 Å². The summed E-state index contributed by atoms with van der Waals surface area (Å²) in [6.07, 6.45) is 2.82. The number of aromatic nitrogens is 1. The number of hydrogen-bond acceptors (Lipinski definition) is 4. The zero-order chi connectivity index (χ0) is 11.7. The minimum atomic E-state index is -0.384. The molecular weight excluding hydrogens is 210 g/mol. The summed E-state index contributed by atoms with van der Waals surface area (Å²) in [4.78, 5) is 11.2. The lowest BCUT2D eigenvalue weighted by Crippen LogP contribution is -2.17. The Bertz CT molecular complexity index is 440. The Hall–Kier alpha value is -1.33. The van der Waals surface area contributed by atoms with Crippen molar-refractivity contribution in [3.8, 4) is 5.75 Å². The van der Waals surface area contributed by atoms with E-state index >= 15 is 0 Å². The fourth-order valence-electron chi connectivity index (χ4n) is 1.98. The topological polar surface area (TPSA) is 71.7 Å². The highest BCUT2D eigenvalue weighted by Crippen LogP contribution is 2.29. The van der Waals surface area contributed by atoms with Gasteiger partial charge < -0.3 is 19.5 Å². The van der Waals surface area contributed by atoms with Crippen molar-refractivity contribution in [3.05, 3.63) is 28.2 Å². The summed E-state index contributed by atoms with van der Waals surface area (Å²) in [6.45, 7) is 1.67. The lowest BCUT2D eigenvalue weighted by Gasteiger charge is -2.19. The van der Waals surface area contributed by atoms with Crippen LogP contribution in [0.2, 0.25) is 0 Å². The van der Waals surface area contributed by atoms with Crippen LogP contribution in [0.15, 0.2) is 17.1 Å².